The third-order valence-electron chi connectivity index (χ3n) is 5.75. The maximum Gasteiger partial charge on any atom is 0.241 e. The Morgan fingerprint density at radius 2 is 2.08 bits per heavy atom. The smallest absolute Gasteiger partial charge is 0.241 e. The number of piperidine rings is 1. The van der Waals surface area contributed by atoms with Gasteiger partial charge < -0.3 is 9.47 Å². The molecule has 2 aliphatic heterocycles. The lowest BCUT2D eigenvalue weighted by Crippen LogP contribution is -2.53. The minimum absolute atomic E-state index is 0.118. The fraction of sp³-hybridized carbons (Fsp3) is 0.579. The minimum Gasteiger partial charge on any atom is -0.341 e. The fourth-order valence-electron chi connectivity index (χ4n) is 4.11. The van der Waals surface area contributed by atoms with Crippen LogP contribution < -0.4 is 0 Å². The lowest BCUT2D eigenvalue weighted by molar-refractivity contribution is -0.139. The van der Waals surface area contributed by atoms with Crippen molar-refractivity contribution in [3.8, 4) is 0 Å². The number of aryl methyl sites for hydroxylation is 1. The van der Waals surface area contributed by atoms with Gasteiger partial charge in [0.25, 0.3) is 0 Å². The van der Waals surface area contributed by atoms with Crippen LogP contribution >= 0.6 is 0 Å². The molecule has 2 aliphatic rings. The van der Waals surface area contributed by atoms with Crippen LogP contribution in [0.3, 0.4) is 0 Å². The number of amides is 1. The second-order valence-electron chi connectivity index (χ2n) is 7.54. The molecule has 4 rings (SSSR count). The number of rotatable bonds is 3. The van der Waals surface area contributed by atoms with E-state index in [0.717, 1.165) is 44.0 Å². The van der Waals surface area contributed by atoms with Crippen molar-refractivity contribution in [2.24, 2.45) is 5.92 Å². The number of hydrogen-bond acceptors (Lipinski definition) is 5. The molecule has 0 aromatic carbocycles. The summed E-state index contributed by atoms with van der Waals surface area (Å²) in [5, 5.41) is 8.35. The molecule has 1 saturated heterocycles. The summed E-state index contributed by atoms with van der Waals surface area (Å²) in [6.07, 6.45) is 6.95. The van der Waals surface area contributed by atoms with Crippen LogP contribution in [-0.4, -0.2) is 61.6 Å². The summed E-state index contributed by atoms with van der Waals surface area (Å²) in [4.78, 5) is 21.4. The van der Waals surface area contributed by atoms with Crippen LogP contribution in [0.2, 0.25) is 0 Å². The number of nitrogens with zero attached hydrogens (tertiary/aromatic N) is 6. The Morgan fingerprint density at radius 3 is 2.81 bits per heavy atom. The Morgan fingerprint density at radius 1 is 1.27 bits per heavy atom. The Labute approximate surface area is 154 Å². The van der Waals surface area contributed by atoms with Crippen LogP contribution in [0.4, 0.5) is 0 Å². The van der Waals surface area contributed by atoms with Gasteiger partial charge in [0.05, 0.1) is 13.1 Å². The van der Waals surface area contributed by atoms with Crippen LogP contribution in [-0.2, 0) is 24.3 Å². The summed E-state index contributed by atoms with van der Waals surface area (Å²) in [5.74, 6) is 2.72. The highest BCUT2D eigenvalue weighted by Crippen LogP contribution is 2.24. The van der Waals surface area contributed by atoms with Gasteiger partial charge in [-0.1, -0.05) is 6.07 Å². The minimum atomic E-state index is -0.118. The molecular formula is C19H26N6O. The van der Waals surface area contributed by atoms with Crippen molar-refractivity contribution in [1.29, 1.82) is 0 Å². The monoisotopic (exact) mass is 354 g/mol. The molecule has 1 atom stereocenters. The van der Waals surface area contributed by atoms with E-state index in [4.69, 9.17) is 0 Å². The SMILES string of the molecule is Cc1nnc2n1CC(C(=O)N1CCC(Cc3cccnc3)CC1)N(C)C2. The van der Waals surface area contributed by atoms with Gasteiger partial charge in [0.1, 0.15) is 17.7 Å². The molecule has 1 amide bonds. The third kappa shape index (κ3) is 3.35. The van der Waals surface area contributed by atoms with Crippen molar-refractivity contribution in [2.45, 2.75) is 45.3 Å². The molecule has 0 aliphatic carbocycles. The number of fused-ring (bicyclic) bond motifs is 1. The molecule has 0 N–H and O–H groups in total. The van der Waals surface area contributed by atoms with Gasteiger partial charge in [-0.25, -0.2) is 0 Å². The number of likely N-dealkylation sites (tertiary alicyclic amines) is 1. The maximum absolute atomic E-state index is 13.1. The van der Waals surface area contributed by atoms with E-state index in [2.05, 4.69) is 30.7 Å². The topological polar surface area (TPSA) is 67.2 Å². The Bertz CT molecular complexity index is 766. The van der Waals surface area contributed by atoms with Crippen molar-refractivity contribution >= 4 is 5.91 Å². The predicted octanol–water partition coefficient (Wildman–Crippen LogP) is 1.28. The second-order valence-corrected chi connectivity index (χ2v) is 7.54. The zero-order valence-corrected chi connectivity index (χ0v) is 15.5. The van der Waals surface area contributed by atoms with E-state index in [9.17, 15) is 4.79 Å². The van der Waals surface area contributed by atoms with Crippen LogP contribution in [0.5, 0.6) is 0 Å². The van der Waals surface area contributed by atoms with Crippen molar-refractivity contribution in [3.05, 3.63) is 41.7 Å². The van der Waals surface area contributed by atoms with Gasteiger partial charge in [-0.3, -0.25) is 14.7 Å². The molecule has 7 heteroatoms. The summed E-state index contributed by atoms with van der Waals surface area (Å²) in [6.45, 7) is 4.98. The summed E-state index contributed by atoms with van der Waals surface area (Å²) in [6, 6.07) is 4.02. The van der Waals surface area contributed by atoms with Crippen LogP contribution in [0, 0.1) is 12.8 Å². The summed E-state index contributed by atoms with van der Waals surface area (Å²) in [5.41, 5.74) is 1.29. The van der Waals surface area contributed by atoms with E-state index in [1.807, 2.05) is 37.3 Å². The maximum atomic E-state index is 13.1. The van der Waals surface area contributed by atoms with Crippen molar-refractivity contribution in [1.82, 2.24) is 29.5 Å². The summed E-state index contributed by atoms with van der Waals surface area (Å²) in [7, 11) is 2.01. The number of carbonyl (C=O) groups excluding carboxylic acids is 1. The first kappa shape index (κ1) is 17.1. The Balaban J connectivity index is 1.36. The Hall–Kier alpha value is -2.28. The number of pyridine rings is 1. The van der Waals surface area contributed by atoms with Gasteiger partial charge in [-0.15, -0.1) is 10.2 Å². The summed E-state index contributed by atoms with van der Waals surface area (Å²) >= 11 is 0. The fourth-order valence-corrected chi connectivity index (χ4v) is 4.11. The average Bonchev–Trinajstić information content (AvgIpc) is 3.02. The van der Waals surface area contributed by atoms with Crippen LogP contribution in [0.1, 0.15) is 30.1 Å². The van der Waals surface area contributed by atoms with Gasteiger partial charge >= 0.3 is 0 Å². The van der Waals surface area contributed by atoms with E-state index in [0.29, 0.717) is 19.0 Å². The molecular weight excluding hydrogens is 328 g/mol. The van der Waals surface area contributed by atoms with E-state index in [-0.39, 0.29) is 11.9 Å². The average molecular weight is 354 g/mol. The van der Waals surface area contributed by atoms with Crippen LogP contribution in [0.25, 0.3) is 0 Å². The first-order valence-electron chi connectivity index (χ1n) is 9.38. The zero-order chi connectivity index (χ0) is 18.1. The molecule has 2 aromatic rings. The van der Waals surface area contributed by atoms with E-state index in [1.165, 1.54) is 5.56 Å². The normalized spacial score (nSPS) is 21.6. The standard InChI is InChI=1S/C19H26N6O/c1-14-21-22-18-13-23(2)17(12-25(14)18)19(26)24-8-5-15(6-9-24)10-16-4-3-7-20-11-16/h3-4,7,11,15,17H,5-6,8-10,12-13H2,1-2H3. The van der Waals surface area contributed by atoms with Gasteiger partial charge in [0.2, 0.25) is 5.91 Å². The lowest BCUT2D eigenvalue weighted by Gasteiger charge is -2.38. The van der Waals surface area contributed by atoms with Gasteiger partial charge in [0, 0.05) is 25.5 Å². The Kier molecular flexibility index (Phi) is 4.72. The van der Waals surface area contributed by atoms with E-state index in [1.54, 1.807) is 0 Å². The number of carbonyl (C=O) groups is 1. The molecule has 0 saturated carbocycles. The highest BCUT2D eigenvalue weighted by molar-refractivity contribution is 5.82. The van der Waals surface area contributed by atoms with Crippen molar-refractivity contribution < 1.29 is 4.79 Å². The second kappa shape index (κ2) is 7.15. The van der Waals surface area contributed by atoms with Gasteiger partial charge in [0.15, 0.2) is 0 Å². The molecule has 1 fully saturated rings. The largest absolute Gasteiger partial charge is 0.341 e. The van der Waals surface area contributed by atoms with E-state index >= 15 is 0 Å². The zero-order valence-electron chi connectivity index (χ0n) is 15.5. The lowest BCUT2D eigenvalue weighted by atomic mass is 9.90. The molecule has 2 aromatic heterocycles. The van der Waals surface area contributed by atoms with Crippen molar-refractivity contribution in [3.63, 3.8) is 0 Å². The number of aromatic nitrogens is 4. The molecule has 4 heterocycles. The van der Waals surface area contributed by atoms with Gasteiger partial charge in [-0.2, -0.15) is 0 Å². The van der Waals surface area contributed by atoms with E-state index < -0.39 is 0 Å². The third-order valence-corrected chi connectivity index (χ3v) is 5.75. The molecule has 26 heavy (non-hydrogen) atoms. The highest BCUT2D eigenvalue weighted by Gasteiger charge is 2.35. The molecule has 0 spiro atoms. The predicted molar refractivity (Wildman–Crippen MR) is 97.3 cm³/mol. The molecule has 138 valence electrons. The van der Waals surface area contributed by atoms with Gasteiger partial charge in [-0.05, 0) is 50.8 Å². The first-order chi connectivity index (χ1) is 12.6. The molecule has 0 radical (unpaired) electrons. The molecule has 1 unspecified atom stereocenters. The van der Waals surface area contributed by atoms with Crippen molar-refractivity contribution in [2.75, 3.05) is 20.1 Å². The number of hydrogen-bond donors (Lipinski definition) is 0. The summed E-state index contributed by atoms with van der Waals surface area (Å²) < 4.78 is 2.08. The molecule has 0 bridgehead atoms. The highest BCUT2D eigenvalue weighted by atomic mass is 16.2. The number of likely N-dealkylation sites (N-methyl/N-ethyl adjacent to an activating group) is 1. The van der Waals surface area contributed by atoms with Crippen LogP contribution in [0.15, 0.2) is 24.5 Å². The quantitative estimate of drug-likeness (QED) is 0.831. The first-order valence-corrected chi connectivity index (χ1v) is 9.38. The molecule has 7 nitrogen and oxygen atoms in total.